The Morgan fingerprint density at radius 2 is 2.00 bits per heavy atom. The zero-order valence-electron chi connectivity index (χ0n) is 7.73. The van der Waals surface area contributed by atoms with Crippen molar-refractivity contribution in [3.05, 3.63) is 29.8 Å². The van der Waals surface area contributed by atoms with Gasteiger partial charge in [0.1, 0.15) is 5.75 Å². The summed E-state index contributed by atoms with van der Waals surface area (Å²) < 4.78 is 5.02. The molecule has 0 heterocycles. The molecule has 0 aliphatic carbocycles. The standard InChI is InChI=1S/C10H15NO2/c1-13-10-4-2-8(3-5-10)9(6-11)7-12/h2-5,9,12H,6-7,11H2,1H3. The molecular formula is C10H15NO2. The first kappa shape index (κ1) is 10.0. The molecule has 3 N–H and O–H groups in total. The van der Waals surface area contributed by atoms with Crippen LogP contribution in [0.4, 0.5) is 0 Å². The minimum Gasteiger partial charge on any atom is -0.497 e. The van der Waals surface area contributed by atoms with Crippen molar-refractivity contribution in [2.24, 2.45) is 5.73 Å². The highest BCUT2D eigenvalue weighted by molar-refractivity contribution is 5.29. The Kier molecular flexibility index (Phi) is 3.73. The van der Waals surface area contributed by atoms with Crippen molar-refractivity contribution in [1.29, 1.82) is 0 Å². The summed E-state index contributed by atoms with van der Waals surface area (Å²) in [5, 5.41) is 8.99. The van der Waals surface area contributed by atoms with Gasteiger partial charge in [0.2, 0.25) is 0 Å². The second kappa shape index (κ2) is 4.84. The van der Waals surface area contributed by atoms with Crippen LogP contribution < -0.4 is 10.5 Å². The molecule has 1 aromatic carbocycles. The molecule has 0 aliphatic heterocycles. The predicted molar refractivity (Wildman–Crippen MR) is 51.9 cm³/mol. The van der Waals surface area contributed by atoms with Crippen LogP contribution in [0.25, 0.3) is 0 Å². The molecule has 1 atom stereocenters. The van der Waals surface area contributed by atoms with Crippen LogP contribution >= 0.6 is 0 Å². The molecule has 72 valence electrons. The number of benzene rings is 1. The summed E-state index contributed by atoms with van der Waals surface area (Å²) in [5.41, 5.74) is 6.54. The first-order valence-electron chi connectivity index (χ1n) is 4.26. The van der Waals surface area contributed by atoms with E-state index < -0.39 is 0 Å². The fourth-order valence-electron chi connectivity index (χ4n) is 1.19. The van der Waals surface area contributed by atoms with Gasteiger partial charge in [0.05, 0.1) is 13.7 Å². The van der Waals surface area contributed by atoms with E-state index in [1.54, 1.807) is 7.11 Å². The van der Waals surface area contributed by atoms with Gasteiger partial charge in [0, 0.05) is 12.5 Å². The maximum atomic E-state index is 8.99. The third-order valence-electron chi connectivity index (χ3n) is 2.09. The lowest BCUT2D eigenvalue weighted by molar-refractivity contribution is 0.267. The van der Waals surface area contributed by atoms with Gasteiger partial charge in [-0.2, -0.15) is 0 Å². The number of aliphatic hydroxyl groups excluding tert-OH is 1. The van der Waals surface area contributed by atoms with Crippen molar-refractivity contribution in [2.45, 2.75) is 5.92 Å². The molecule has 0 aliphatic rings. The van der Waals surface area contributed by atoms with Crippen LogP contribution in [0, 0.1) is 0 Å². The number of hydrogen-bond acceptors (Lipinski definition) is 3. The number of hydrogen-bond donors (Lipinski definition) is 2. The van der Waals surface area contributed by atoms with Crippen LogP contribution in [0.5, 0.6) is 5.75 Å². The van der Waals surface area contributed by atoms with Gasteiger partial charge < -0.3 is 15.6 Å². The molecule has 0 spiro atoms. The van der Waals surface area contributed by atoms with Gasteiger partial charge in [0.15, 0.2) is 0 Å². The smallest absolute Gasteiger partial charge is 0.118 e. The summed E-state index contributed by atoms with van der Waals surface area (Å²) >= 11 is 0. The Morgan fingerprint density at radius 3 is 2.38 bits per heavy atom. The minimum absolute atomic E-state index is 0.0332. The molecule has 0 amide bonds. The van der Waals surface area contributed by atoms with Crippen molar-refractivity contribution in [3.8, 4) is 5.75 Å². The van der Waals surface area contributed by atoms with Crippen molar-refractivity contribution in [1.82, 2.24) is 0 Å². The summed E-state index contributed by atoms with van der Waals surface area (Å²) in [6, 6.07) is 7.58. The quantitative estimate of drug-likeness (QED) is 0.720. The monoisotopic (exact) mass is 181 g/mol. The minimum atomic E-state index is 0.0332. The summed E-state index contributed by atoms with van der Waals surface area (Å²) in [7, 11) is 1.63. The highest BCUT2D eigenvalue weighted by Gasteiger charge is 2.07. The Labute approximate surface area is 78.1 Å². The van der Waals surface area contributed by atoms with Gasteiger partial charge in [0.25, 0.3) is 0 Å². The average molecular weight is 181 g/mol. The lowest BCUT2D eigenvalue weighted by atomic mass is 10.0. The number of rotatable bonds is 4. The van der Waals surface area contributed by atoms with Crippen molar-refractivity contribution in [3.63, 3.8) is 0 Å². The number of methoxy groups -OCH3 is 1. The van der Waals surface area contributed by atoms with E-state index in [1.165, 1.54) is 0 Å². The third kappa shape index (κ3) is 2.44. The molecule has 0 bridgehead atoms. The van der Waals surface area contributed by atoms with E-state index in [1.807, 2.05) is 24.3 Å². The molecule has 0 fully saturated rings. The molecular weight excluding hydrogens is 166 g/mol. The van der Waals surface area contributed by atoms with E-state index in [2.05, 4.69) is 0 Å². The van der Waals surface area contributed by atoms with Gasteiger partial charge in [-0.3, -0.25) is 0 Å². The zero-order chi connectivity index (χ0) is 9.68. The second-order valence-electron chi connectivity index (χ2n) is 2.89. The maximum absolute atomic E-state index is 8.99. The summed E-state index contributed by atoms with van der Waals surface area (Å²) in [6.07, 6.45) is 0. The Morgan fingerprint density at radius 1 is 1.38 bits per heavy atom. The van der Waals surface area contributed by atoms with Crippen LogP contribution in [0.15, 0.2) is 24.3 Å². The predicted octanol–water partition coefficient (Wildman–Crippen LogP) is 0.730. The molecule has 13 heavy (non-hydrogen) atoms. The molecule has 0 radical (unpaired) electrons. The summed E-state index contributed by atoms with van der Waals surface area (Å²) in [6.45, 7) is 0.547. The number of nitrogens with two attached hydrogens (primary N) is 1. The first-order chi connectivity index (χ1) is 6.31. The van der Waals surface area contributed by atoms with E-state index in [-0.39, 0.29) is 12.5 Å². The molecule has 3 nitrogen and oxygen atoms in total. The molecule has 1 unspecified atom stereocenters. The second-order valence-corrected chi connectivity index (χ2v) is 2.89. The molecule has 1 rings (SSSR count). The van der Waals surface area contributed by atoms with Crippen LogP contribution in [-0.2, 0) is 0 Å². The van der Waals surface area contributed by atoms with Gasteiger partial charge in [-0.15, -0.1) is 0 Å². The van der Waals surface area contributed by atoms with Crippen LogP contribution in [0.1, 0.15) is 11.5 Å². The van der Waals surface area contributed by atoms with Crippen LogP contribution in [-0.4, -0.2) is 25.4 Å². The molecule has 3 heteroatoms. The van der Waals surface area contributed by atoms with Gasteiger partial charge in [-0.05, 0) is 17.7 Å². The zero-order valence-corrected chi connectivity index (χ0v) is 7.73. The third-order valence-corrected chi connectivity index (χ3v) is 2.09. The lowest BCUT2D eigenvalue weighted by Gasteiger charge is -2.11. The summed E-state index contributed by atoms with van der Waals surface area (Å²) in [5.74, 6) is 0.850. The molecule has 0 aromatic heterocycles. The molecule has 0 saturated carbocycles. The summed E-state index contributed by atoms with van der Waals surface area (Å²) in [4.78, 5) is 0. The highest BCUT2D eigenvalue weighted by atomic mass is 16.5. The van der Waals surface area contributed by atoms with Gasteiger partial charge in [-0.25, -0.2) is 0 Å². The Balaban J connectivity index is 2.78. The first-order valence-corrected chi connectivity index (χ1v) is 4.26. The fourth-order valence-corrected chi connectivity index (χ4v) is 1.19. The molecule has 1 aromatic rings. The van der Waals surface area contributed by atoms with Crippen molar-refractivity contribution in [2.75, 3.05) is 20.3 Å². The molecule has 0 saturated heterocycles. The van der Waals surface area contributed by atoms with E-state index in [9.17, 15) is 0 Å². The van der Waals surface area contributed by atoms with E-state index in [0.29, 0.717) is 6.54 Å². The Hall–Kier alpha value is -1.06. The topological polar surface area (TPSA) is 55.5 Å². The average Bonchev–Trinajstić information content (AvgIpc) is 2.21. The largest absolute Gasteiger partial charge is 0.497 e. The van der Waals surface area contributed by atoms with Gasteiger partial charge >= 0.3 is 0 Å². The lowest BCUT2D eigenvalue weighted by Crippen LogP contribution is -2.15. The Bertz CT molecular complexity index is 242. The van der Waals surface area contributed by atoms with Crippen molar-refractivity contribution >= 4 is 0 Å². The van der Waals surface area contributed by atoms with Crippen LogP contribution in [0.2, 0.25) is 0 Å². The SMILES string of the molecule is COc1ccc(C(CN)CO)cc1. The maximum Gasteiger partial charge on any atom is 0.118 e. The number of aliphatic hydroxyl groups is 1. The van der Waals surface area contributed by atoms with E-state index in [0.717, 1.165) is 11.3 Å². The number of ether oxygens (including phenoxy) is 1. The normalized spacial score (nSPS) is 12.5. The van der Waals surface area contributed by atoms with E-state index in [4.69, 9.17) is 15.6 Å². The van der Waals surface area contributed by atoms with Gasteiger partial charge in [-0.1, -0.05) is 12.1 Å². The van der Waals surface area contributed by atoms with Crippen molar-refractivity contribution < 1.29 is 9.84 Å². The van der Waals surface area contributed by atoms with Crippen LogP contribution in [0.3, 0.4) is 0 Å². The fraction of sp³-hybridized carbons (Fsp3) is 0.400. The van der Waals surface area contributed by atoms with E-state index >= 15 is 0 Å². The highest BCUT2D eigenvalue weighted by Crippen LogP contribution is 2.17.